The van der Waals surface area contributed by atoms with Crippen LogP contribution >= 0.6 is 0 Å². The lowest BCUT2D eigenvalue weighted by Gasteiger charge is -2.40. The first-order valence-corrected chi connectivity index (χ1v) is 11.7. The highest BCUT2D eigenvalue weighted by atomic mass is 32.2. The molecule has 7 heteroatoms. The Morgan fingerprint density at radius 3 is 1.93 bits per heavy atom. The lowest BCUT2D eigenvalue weighted by molar-refractivity contribution is 0.232. The molecule has 0 radical (unpaired) electrons. The van der Waals surface area contributed by atoms with E-state index in [-0.39, 0.29) is 0 Å². The summed E-state index contributed by atoms with van der Waals surface area (Å²) in [5.74, 6) is 3.50. The zero-order valence-electron chi connectivity index (χ0n) is 16.8. The molecule has 2 aromatic heterocycles. The van der Waals surface area contributed by atoms with Gasteiger partial charge in [0.15, 0.2) is 0 Å². The topological polar surface area (TPSA) is 62.2 Å². The van der Waals surface area contributed by atoms with Crippen molar-refractivity contribution in [1.29, 1.82) is 0 Å². The summed E-state index contributed by atoms with van der Waals surface area (Å²) < 4.78 is 11.5. The van der Waals surface area contributed by atoms with Gasteiger partial charge >= 0.3 is 0 Å². The summed E-state index contributed by atoms with van der Waals surface area (Å²) in [7, 11) is -0.963. The average Bonchev–Trinajstić information content (AvgIpc) is 2.75. The van der Waals surface area contributed by atoms with Crippen molar-refractivity contribution < 1.29 is 4.21 Å². The molecule has 28 heavy (non-hydrogen) atoms. The first kappa shape index (κ1) is 19.3. The fourth-order valence-corrected chi connectivity index (χ4v) is 4.91. The molecule has 0 aromatic carbocycles. The van der Waals surface area contributed by atoms with E-state index in [2.05, 4.69) is 24.8 Å². The van der Waals surface area contributed by atoms with E-state index in [1.807, 2.05) is 31.5 Å². The van der Waals surface area contributed by atoms with Crippen molar-refractivity contribution in [1.82, 2.24) is 15.0 Å². The second kappa shape index (κ2) is 8.55. The number of nitrogens with zero attached hydrogens (tertiary/aromatic N) is 5. The Morgan fingerprint density at radius 2 is 1.43 bits per heavy atom. The molecule has 4 rings (SSSR count). The van der Waals surface area contributed by atoms with Crippen LogP contribution in [0.3, 0.4) is 0 Å². The minimum atomic E-state index is -0.963. The predicted octanol–water partition coefficient (Wildman–Crippen LogP) is 3.05. The van der Waals surface area contributed by atoms with Gasteiger partial charge in [0.1, 0.15) is 5.82 Å². The molecule has 0 N–H and O–H groups in total. The fourth-order valence-electron chi connectivity index (χ4n) is 4.45. The second-order valence-electron chi connectivity index (χ2n) is 8.02. The molecule has 0 saturated carbocycles. The van der Waals surface area contributed by atoms with E-state index < -0.39 is 10.8 Å². The van der Waals surface area contributed by atoms with Crippen molar-refractivity contribution in [2.24, 2.45) is 11.8 Å². The van der Waals surface area contributed by atoms with Gasteiger partial charge in [-0.25, -0.2) is 15.0 Å². The largest absolute Gasteiger partial charge is 0.357 e. The summed E-state index contributed by atoms with van der Waals surface area (Å²) in [5, 5.41) is 0. The zero-order chi connectivity index (χ0) is 19.5. The molecule has 4 heterocycles. The lowest BCUT2D eigenvalue weighted by Crippen LogP contribution is -2.41. The summed E-state index contributed by atoms with van der Waals surface area (Å²) in [5.41, 5.74) is 1.11. The molecule has 2 aliphatic rings. The van der Waals surface area contributed by atoms with Crippen LogP contribution in [0.5, 0.6) is 0 Å². The molecular formula is C21H29N5OS. The van der Waals surface area contributed by atoms with Crippen LogP contribution in [0, 0.1) is 18.8 Å². The van der Waals surface area contributed by atoms with E-state index in [1.165, 1.54) is 25.7 Å². The monoisotopic (exact) mass is 399 g/mol. The van der Waals surface area contributed by atoms with Crippen LogP contribution < -0.4 is 9.80 Å². The summed E-state index contributed by atoms with van der Waals surface area (Å²) >= 11 is 0. The molecular weight excluding hydrogens is 370 g/mol. The van der Waals surface area contributed by atoms with Gasteiger partial charge < -0.3 is 9.80 Å². The van der Waals surface area contributed by atoms with Crippen molar-refractivity contribution in [2.75, 3.05) is 42.2 Å². The van der Waals surface area contributed by atoms with Gasteiger partial charge in [-0.15, -0.1) is 0 Å². The highest BCUT2D eigenvalue weighted by molar-refractivity contribution is 7.84. The van der Waals surface area contributed by atoms with Crippen molar-refractivity contribution in [3.05, 3.63) is 36.3 Å². The van der Waals surface area contributed by atoms with Crippen LogP contribution in [0.4, 0.5) is 11.8 Å². The van der Waals surface area contributed by atoms with Crippen LogP contribution in [0.15, 0.2) is 35.6 Å². The minimum Gasteiger partial charge on any atom is -0.357 e. The van der Waals surface area contributed by atoms with Crippen LogP contribution in [0.25, 0.3) is 0 Å². The van der Waals surface area contributed by atoms with Crippen LogP contribution in [0.2, 0.25) is 0 Å². The van der Waals surface area contributed by atoms with Gasteiger partial charge in [-0.2, -0.15) is 0 Å². The Labute approximate surface area is 169 Å². The fraction of sp³-hybridized carbons (Fsp3) is 0.571. The minimum absolute atomic E-state index is 0.794. The number of rotatable bonds is 4. The standard InChI is InChI=1S/C21H29N5OS/c1-16-13-23-21(24-14-16)26-11-7-18(8-12-26)17-5-9-25(10-6-17)20-4-3-19(15-22-20)28(2)27/h3-4,13-15,17-18H,5-12H2,1-2H3. The summed E-state index contributed by atoms with van der Waals surface area (Å²) in [4.78, 5) is 19.0. The van der Waals surface area contributed by atoms with Crippen molar-refractivity contribution >= 4 is 22.6 Å². The molecule has 1 unspecified atom stereocenters. The van der Waals surface area contributed by atoms with Gasteiger partial charge in [-0.3, -0.25) is 4.21 Å². The highest BCUT2D eigenvalue weighted by Gasteiger charge is 2.30. The molecule has 150 valence electrons. The number of aryl methyl sites for hydroxylation is 1. The van der Waals surface area contributed by atoms with E-state index in [9.17, 15) is 4.21 Å². The number of aromatic nitrogens is 3. The Morgan fingerprint density at radius 1 is 0.857 bits per heavy atom. The average molecular weight is 400 g/mol. The summed E-state index contributed by atoms with van der Waals surface area (Å²) in [6.07, 6.45) is 12.2. The molecule has 2 aliphatic heterocycles. The van der Waals surface area contributed by atoms with E-state index in [0.29, 0.717) is 0 Å². The molecule has 2 fully saturated rings. The first-order valence-electron chi connectivity index (χ1n) is 10.2. The molecule has 0 bridgehead atoms. The third-order valence-electron chi connectivity index (χ3n) is 6.17. The maximum absolute atomic E-state index is 11.5. The van der Waals surface area contributed by atoms with Crippen LogP contribution in [-0.2, 0) is 10.8 Å². The third-order valence-corrected chi connectivity index (χ3v) is 7.08. The maximum atomic E-state index is 11.5. The normalized spacial score (nSPS) is 20.4. The molecule has 0 aliphatic carbocycles. The van der Waals surface area contributed by atoms with Gasteiger partial charge in [-0.1, -0.05) is 0 Å². The Hall–Kier alpha value is -2.02. The van der Waals surface area contributed by atoms with Crippen molar-refractivity contribution in [3.8, 4) is 0 Å². The number of hydrogen-bond donors (Lipinski definition) is 0. The molecule has 0 spiro atoms. The van der Waals surface area contributed by atoms with Crippen molar-refractivity contribution in [3.63, 3.8) is 0 Å². The maximum Gasteiger partial charge on any atom is 0.225 e. The van der Waals surface area contributed by atoms with Gasteiger partial charge in [0.25, 0.3) is 0 Å². The van der Waals surface area contributed by atoms with E-state index >= 15 is 0 Å². The Bertz CT molecular complexity index is 795. The molecule has 0 amide bonds. The summed E-state index contributed by atoms with van der Waals surface area (Å²) in [6, 6.07) is 3.95. The molecule has 2 aromatic rings. The predicted molar refractivity (Wildman–Crippen MR) is 113 cm³/mol. The third kappa shape index (κ3) is 4.35. The van der Waals surface area contributed by atoms with E-state index in [4.69, 9.17) is 0 Å². The second-order valence-corrected chi connectivity index (χ2v) is 9.40. The molecule has 1 atom stereocenters. The van der Waals surface area contributed by atoms with E-state index in [0.717, 1.165) is 60.2 Å². The number of pyridine rings is 1. The van der Waals surface area contributed by atoms with Gasteiger partial charge in [0.2, 0.25) is 5.95 Å². The zero-order valence-corrected chi connectivity index (χ0v) is 17.6. The molecule has 2 saturated heterocycles. The van der Waals surface area contributed by atoms with E-state index in [1.54, 1.807) is 12.5 Å². The highest BCUT2D eigenvalue weighted by Crippen LogP contribution is 2.34. The lowest BCUT2D eigenvalue weighted by atomic mass is 9.79. The SMILES string of the molecule is Cc1cnc(N2CCC(C3CCN(c4ccc(S(C)=O)cn4)CC3)CC2)nc1. The number of piperidine rings is 2. The van der Waals surface area contributed by atoms with Gasteiger partial charge in [0.05, 0.1) is 15.7 Å². The Balaban J connectivity index is 1.27. The van der Waals surface area contributed by atoms with Crippen LogP contribution in [0.1, 0.15) is 31.2 Å². The van der Waals surface area contributed by atoms with Crippen LogP contribution in [-0.4, -0.2) is 51.6 Å². The number of hydrogen-bond acceptors (Lipinski definition) is 6. The quantitative estimate of drug-likeness (QED) is 0.787. The summed E-state index contributed by atoms with van der Waals surface area (Å²) in [6.45, 7) is 6.27. The van der Waals surface area contributed by atoms with Crippen molar-refractivity contribution in [2.45, 2.75) is 37.5 Å². The molecule has 6 nitrogen and oxygen atoms in total. The Kier molecular flexibility index (Phi) is 5.90. The smallest absolute Gasteiger partial charge is 0.225 e. The van der Waals surface area contributed by atoms with Gasteiger partial charge in [-0.05, 0) is 62.1 Å². The first-order chi connectivity index (χ1) is 13.6. The van der Waals surface area contributed by atoms with Gasteiger partial charge in [0, 0.05) is 51.0 Å². The number of anilines is 2.